The maximum Gasteiger partial charge on any atom is 0.160 e. The van der Waals surface area contributed by atoms with Gasteiger partial charge in [-0.15, -0.1) is 0 Å². The van der Waals surface area contributed by atoms with Gasteiger partial charge < -0.3 is 0 Å². The molecule has 1 aromatic rings. The predicted molar refractivity (Wildman–Crippen MR) is 87.8 cm³/mol. The lowest BCUT2D eigenvalue weighted by molar-refractivity contribution is -0.113. The van der Waals surface area contributed by atoms with Gasteiger partial charge in [0.05, 0.1) is 17.6 Å². The van der Waals surface area contributed by atoms with Gasteiger partial charge in [0, 0.05) is 11.8 Å². The standard InChI is InChI=1S/C18H22N2O/c1-7-8-16(18(12(2)3)15(6)21)9-13(4)17-11-19-10-14(5)20-17/h7-11H,2H2,1,3-6H3/b8-7?,13-9+,18-16+. The van der Waals surface area contributed by atoms with Gasteiger partial charge in [-0.05, 0) is 57.4 Å². The molecule has 0 aliphatic rings. The first-order valence-corrected chi connectivity index (χ1v) is 6.88. The second-order valence-corrected chi connectivity index (χ2v) is 5.04. The minimum absolute atomic E-state index is 0.00924. The van der Waals surface area contributed by atoms with Crippen molar-refractivity contribution < 1.29 is 4.79 Å². The number of nitrogens with zero attached hydrogens (tertiary/aromatic N) is 2. The van der Waals surface area contributed by atoms with Crippen LogP contribution in [0.25, 0.3) is 5.57 Å². The molecule has 0 radical (unpaired) electrons. The second kappa shape index (κ2) is 7.48. The van der Waals surface area contributed by atoms with E-state index in [0.717, 1.165) is 28.1 Å². The summed E-state index contributed by atoms with van der Waals surface area (Å²) in [6.07, 6.45) is 9.22. The van der Waals surface area contributed by atoms with Gasteiger partial charge in [-0.2, -0.15) is 0 Å². The molecule has 0 bridgehead atoms. The van der Waals surface area contributed by atoms with Crippen molar-refractivity contribution in [2.45, 2.75) is 34.6 Å². The molecule has 3 nitrogen and oxygen atoms in total. The number of rotatable bonds is 5. The summed E-state index contributed by atoms with van der Waals surface area (Å²) in [4.78, 5) is 20.5. The number of aryl methyl sites for hydroxylation is 1. The average molecular weight is 282 g/mol. The van der Waals surface area contributed by atoms with Crippen LogP contribution >= 0.6 is 0 Å². The highest BCUT2D eigenvalue weighted by Crippen LogP contribution is 2.21. The van der Waals surface area contributed by atoms with Crippen molar-refractivity contribution >= 4 is 11.4 Å². The molecule has 110 valence electrons. The SMILES string of the molecule is C=C(C)/C(C(C)=O)=C(C=CC)\C=C(/C)c1cncc(C)n1. The largest absolute Gasteiger partial charge is 0.294 e. The van der Waals surface area contributed by atoms with E-state index in [0.29, 0.717) is 5.57 Å². The molecular weight excluding hydrogens is 260 g/mol. The highest BCUT2D eigenvalue weighted by atomic mass is 16.1. The van der Waals surface area contributed by atoms with Crippen molar-refractivity contribution in [1.82, 2.24) is 9.97 Å². The molecular formula is C18H22N2O. The van der Waals surface area contributed by atoms with E-state index < -0.39 is 0 Å². The third kappa shape index (κ3) is 4.63. The molecule has 0 saturated heterocycles. The highest BCUT2D eigenvalue weighted by Gasteiger charge is 2.10. The maximum absolute atomic E-state index is 11.9. The fourth-order valence-electron chi connectivity index (χ4n) is 2.09. The molecule has 3 heteroatoms. The average Bonchev–Trinajstić information content (AvgIpc) is 2.38. The van der Waals surface area contributed by atoms with E-state index in [4.69, 9.17) is 0 Å². The molecule has 0 spiro atoms. The molecule has 1 rings (SSSR count). The smallest absolute Gasteiger partial charge is 0.160 e. The van der Waals surface area contributed by atoms with E-state index in [-0.39, 0.29) is 5.78 Å². The van der Waals surface area contributed by atoms with E-state index in [1.54, 1.807) is 19.3 Å². The Hall–Kier alpha value is -2.29. The Balaban J connectivity index is 3.43. The van der Waals surface area contributed by atoms with E-state index in [2.05, 4.69) is 16.5 Å². The number of hydrogen-bond donors (Lipinski definition) is 0. The Bertz CT molecular complexity index is 633. The van der Waals surface area contributed by atoms with Gasteiger partial charge in [-0.3, -0.25) is 14.8 Å². The van der Waals surface area contributed by atoms with Crippen molar-refractivity contribution in [1.29, 1.82) is 0 Å². The fraction of sp³-hybridized carbons (Fsp3) is 0.278. The van der Waals surface area contributed by atoms with Crippen molar-refractivity contribution in [3.8, 4) is 0 Å². The number of ketones is 1. The molecule has 0 aromatic carbocycles. The first kappa shape index (κ1) is 16.8. The molecule has 0 fully saturated rings. The Morgan fingerprint density at radius 2 is 1.90 bits per heavy atom. The van der Waals surface area contributed by atoms with Crippen molar-refractivity contribution in [2.24, 2.45) is 0 Å². The van der Waals surface area contributed by atoms with Crippen LogP contribution in [0.2, 0.25) is 0 Å². The number of aromatic nitrogens is 2. The van der Waals surface area contributed by atoms with Crippen molar-refractivity contribution in [2.75, 3.05) is 0 Å². The molecule has 0 amide bonds. The minimum Gasteiger partial charge on any atom is -0.294 e. The van der Waals surface area contributed by atoms with E-state index >= 15 is 0 Å². The van der Waals surface area contributed by atoms with Gasteiger partial charge in [0.25, 0.3) is 0 Å². The lowest BCUT2D eigenvalue weighted by Gasteiger charge is -2.08. The van der Waals surface area contributed by atoms with Crippen LogP contribution in [0.15, 0.2) is 53.9 Å². The zero-order valence-electron chi connectivity index (χ0n) is 13.4. The molecule has 0 N–H and O–H groups in total. The van der Waals surface area contributed by atoms with Gasteiger partial charge in [-0.1, -0.05) is 18.7 Å². The first-order chi connectivity index (χ1) is 9.86. The van der Waals surface area contributed by atoms with Gasteiger partial charge in [0.1, 0.15) is 0 Å². The Kier molecular flexibility index (Phi) is 5.97. The molecule has 0 saturated carbocycles. The van der Waals surface area contributed by atoms with Crippen LogP contribution in [0.3, 0.4) is 0 Å². The van der Waals surface area contributed by atoms with E-state index in [1.165, 1.54) is 0 Å². The normalized spacial score (nSPS) is 13.3. The Morgan fingerprint density at radius 3 is 2.38 bits per heavy atom. The summed E-state index contributed by atoms with van der Waals surface area (Å²) in [5.74, 6) is 0.00924. The van der Waals surface area contributed by atoms with Gasteiger partial charge >= 0.3 is 0 Å². The van der Waals surface area contributed by atoms with Crippen LogP contribution in [0, 0.1) is 6.92 Å². The molecule has 0 aliphatic carbocycles. The van der Waals surface area contributed by atoms with Gasteiger partial charge in [0.15, 0.2) is 5.78 Å². The van der Waals surface area contributed by atoms with Crippen LogP contribution in [-0.4, -0.2) is 15.8 Å². The van der Waals surface area contributed by atoms with Gasteiger partial charge in [0.2, 0.25) is 0 Å². The monoisotopic (exact) mass is 282 g/mol. The van der Waals surface area contributed by atoms with Crippen LogP contribution < -0.4 is 0 Å². The zero-order chi connectivity index (χ0) is 16.0. The summed E-state index contributed by atoms with van der Waals surface area (Å²) in [7, 11) is 0. The van der Waals surface area contributed by atoms with Crippen LogP contribution in [-0.2, 0) is 4.79 Å². The molecule has 0 atom stereocenters. The lowest BCUT2D eigenvalue weighted by atomic mass is 9.96. The maximum atomic E-state index is 11.9. The first-order valence-electron chi connectivity index (χ1n) is 6.88. The molecule has 1 heterocycles. The van der Waals surface area contributed by atoms with E-state index in [1.807, 2.05) is 45.9 Å². The number of hydrogen-bond acceptors (Lipinski definition) is 3. The summed E-state index contributed by atoms with van der Waals surface area (Å²) in [6.45, 7) is 13.1. The second-order valence-electron chi connectivity index (χ2n) is 5.04. The highest BCUT2D eigenvalue weighted by molar-refractivity contribution is 5.99. The summed E-state index contributed by atoms with van der Waals surface area (Å²) >= 11 is 0. The third-order valence-electron chi connectivity index (χ3n) is 2.94. The topological polar surface area (TPSA) is 42.9 Å². The summed E-state index contributed by atoms with van der Waals surface area (Å²) in [5, 5.41) is 0. The zero-order valence-corrected chi connectivity index (χ0v) is 13.4. The van der Waals surface area contributed by atoms with E-state index in [9.17, 15) is 4.79 Å². The molecule has 1 aromatic heterocycles. The minimum atomic E-state index is 0.00924. The quantitative estimate of drug-likeness (QED) is 0.599. The van der Waals surface area contributed by atoms with Crippen molar-refractivity contribution in [3.05, 3.63) is 65.3 Å². The molecule has 21 heavy (non-hydrogen) atoms. The number of carbonyl (C=O) groups excluding carboxylic acids is 1. The summed E-state index contributed by atoms with van der Waals surface area (Å²) < 4.78 is 0. The Morgan fingerprint density at radius 1 is 1.24 bits per heavy atom. The van der Waals surface area contributed by atoms with Crippen LogP contribution in [0.5, 0.6) is 0 Å². The van der Waals surface area contributed by atoms with Crippen LogP contribution in [0.1, 0.15) is 39.1 Å². The number of Topliss-reactive ketones (excluding diaryl/α,β-unsaturated/α-hetero) is 1. The summed E-state index contributed by atoms with van der Waals surface area (Å²) in [6, 6.07) is 0. The fourth-order valence-corrected chi connectivity index (χ4v) is 2.09. The van der Waals surface area contributed by atoms with Crippen LogP contribution in [0.4, 0.5) is 0 Å². The lowest BCUT2D eigenvalue weighted by Crippen LogP contribution is -2.01. The Labute approximate surface area is 126 Å². The van der Waals surface area contributed by atoms with Gasteiger partial charge in [-0.25, -0.2) is 0 Å². The van der Waals surface area contributed by atoms with Crippen molar-refractivity contribution in [3.63, 3.8) is 0 Å². The molecule has 0 unspecified atom stereocenters. The predicted octanol–water partition coefficient (Wildman–Crippen LogP) is 4.23. The third-order valence-corrected chi connectivity index (χ3v) is 2.94. The molecule has 0 aliphatic heterocycles. The number of allylic oxidation sites excluding steroid dienone is 7. The summed E-state index contributed by atoms with van der Waals surface area (Å²) in [5.41, 5.74) is 4.88. The number of carbonyl (C=O) groups is 1.